The van der Waals surface area contributed by atoms with E-state index in [1.54, 1.807) is 19.4 Å². The number of anilines is 2. The monoisotopic (exact) mass is 406 g/mol. The molecule has 2 aromatic carbocycles. The van der Waals surface area contributed by atoms with Gasteiger partial charge in [0.05, 0.1) is 18.9 Å². The fraction of sp³-hybridized carbons (Fsp3) is 0.333. The number of nitrogens with zero attached hydrogens (tertiary/aromatic N) is 3. The van der Waals surface area contributed by atoms with Crippen LogP contribution in [0.25, 0.3) is 5.57 Å². The molecule has 30 heavy (non-hydrogen) atoms. The van der Waals surface area contributed by atoms with Crippen LogP contribution in [0.5, 0.6) is 5.75 Å². The molecule has 1 heterocycles. The van der Waals surface area contributed by atoms with E-state index in [1.807, 2.05) is 49.3 Å². The first-order valence-corrected chi connectivity index (χ1v) is 9.90. The van der Waals surface area contributed by atoms with E-state index in [2.05, 4.69) is 49.3 Å². The second-order valence-corrected chi connectivity index (χ2v) is 8.30. The molecule has 0 fully saturated rings. The van der Waals surface area contributed by atoms with Gasteiger partial charge in [-0.15, -0.1) is 0 Å². The summed E-state index contributed by atoms with van der Waals surface area (Å²) in [6, 6.07) is 11.5. The summed E-state index contributed by atoms with van der Waals surface area (Å²) < 4.78 is 5.59. The third-order valence-electron chi connectivity index (χ3n) is 5.56. The van der Waals surface area contributed by atoms with Gasteiger partial charge in [0.25, 0.3) is 5.91 Å². The molecule has 0 bridgehead atoms. The summed E-state index contributed by atoms with van der Waals surface area (Å²) in [6.45, 7) is 6.48. The van der Waals surface area contributed by atoms with Gasteiger partial charge in [-0.05, 0) is 50.6 Å². The number of likely N-dealkylation sites (N-methyl/N-ethyl adjacent to an activating group) is 1. The van der Waals surface area contributed by atoms with Gasteiger partial charge < -0.3 is 14.5 Å². The molecule has 0 saturated carbocycles. The van der Waals surface area contributed by atoms with Crippen LogP contribution in [-0.4, -0.2) is 45.9 Å². The van der Waals surface area contributed by atoms with Gasteiger partial charge in [-0.25, -0.2) is 5.43 Å². The van der Waals surface area contributed by atoms with E-state index in [9.17, 15) is 4.79 Å². The molecule has 0 aromatic heterocycles. The topological polar surface area (TPSA) is 57.2 Å². The van der Waals surface area contributed by atoms with Crippen LogP contribution in [0.2, 0.25) is 0 Å². The average molecular weight is 407 g/mol. The lowest BCUT2D eigenvalue weighted by Crippen LogP contribution is -2.42. The molecule has 1 amide bonds. The molecule has 0 unspecified atom stereocenters. The molecular weight excluding hydrogens is 376 g/mol. The molecule has 2 aromatic rings. The second kappa shape index (κ2) is 8.22. The van der Waals surface area contributed by atoms with Crippen molar-refractivity contribution in [1.82, 2.24) is 5.43 Å². The Balaban J connectivity index is 1.85. The molecule has 1 aliphatic heterocycles. The number of nitrogens with one attached hydrogen (secondary N) is 1. The number of carbonyl (C=O) groups is 1. The zero-order valence-electron chi connectivity index (χ0n) is 18.8. The lowest BCUT2D eigenvalue weighted by atomic mass is 9.88. The lowest BCUT2D eigenvalue weighted by molar-refractivity contribution is 0.0955. The molecular formula is C24H30N4O2. The first-order valence-electron chi connectivity index (χ1n) is 9.90. The number of benzene rings is 2. The molecule has 3 rings (SSSR count). The molecule has 0 atom stereocenters. The normalized spacial score (nSPS) is 14.9. The van der Waals surface area contributed by atoms with Crippen molar-refractivity contribution >= 4 is 29.1 Å². The molecule has 6 heteroatoms. The lowest BCUT2D eigenvalue weighted by Gasteiger charge is -2.40. The number of hydrogen-bond acceptors (Lipinski definition) is 5. The first kappa shape index (κ1) is 21.4. The van der Waals surface area contributed by atoms with E-state index in [0.29, 0.717) is 11.3 Å². The first-order chi connectivity index (χ1) is 14.1. The van der Waals surface area contributed by atoms with Gasteiger partial charge in [0, 0.05) is 55.3 Å². The smallest absolute Gasteiger partial charge is 0.271 e. The molecule has 0 aliphatic carbocycles. The molecule has 6 nitrogen and oxygen atoms in total. The number of hydrogen-bond donors (Lipinski definition) is 1. The third-order valence-corrected chi connectivity index (χ3v) is 5.56. The number of methoxy groups -OCH3 is 1. The van der Waals surface area contributed by atoms with Crippen molar-refractivity contribution in [3.05, 3.63) is 59.2 Å². The summed E-state index contributed by atoms with van der Waals surface area (Å²) in [5.74, 6) is 0.447. The minimum absolute atomic E-state index is 0.0766. The highest BCUT2D eigenvalue weighted by atomic mass is 16.5. The third kappa shape index (κ3) is 4.17. The Kier molecular flexibility index (Phi) is 5.87. The summed E-state index contributed by atoms with van der Waals surface area (Å²) in [5.41, 5.74) is 8.29. The van der Waals surface area contributed by atoms with Gasteiger partial charge in [0.2, 0.25) is 0 Å². The summed E-state index contributed by atoms with van der Waals surface area (Å²) in [6.07, 6.45) is 3.88. The van der Waals surface area contributed by atoms with E-state index in [-0.39, 0.29) is 11.4 Å². The Bertz CT molecular complexity index is 1020. The van der Waals surface area contributed by atoms with Gasteiger partial charge in [-0.1, -0.05) is 12.1 Å². The van der Waals surface area contributed by atoms with Gasteiger partial charge in [-0.2, -0.15) is 5.10 Å². The molecule has 1 N–H and O–H groups in total. The standard InChI is InChI=1S/C24H30N4O2/c1-16-14-24(2,3)28(6)21-13-22(30-7)18(12-20(16)21)15-25-26-23(29)17-9-8-10-19(11-17)27(4)5/h8-15H,1-7H3,(H,26,29)/b25-15-. The van der Waals surface area contributed by atoms with Crippen LogP contribution in [0.1, 0.15) is 42.3 Å². The summed E-state index contributed by atoms with van der Waals surface area (Å²) >= 11 is 0. The van der Waals surface area contributed by atoms with Crippen LogP contribution < -0.4 is 20.0 Å². The fourth-order valence-electron chi connectivity index (χ4n) is 3.62. The zero-order chi connectivity index (χ0) is 22.1. The quantitative estimate of drug-likeness (QED) is 0.598. The predicted octanol–water partition coefficient (Wildman–Crippen LogP) is 4.16. The highest BCUT2D eigenvalue weighted by molar-refractivity contribution is 5.96. The highest BCUT2D eigenvalue weighted by Crippen LogP contribution is 2.40. The number of hydrazone groups is 1. The Hall–Kier alpha value is -3.28. The number of fused-ring (bicyclic) bond motifs is 1. The van der Waals surface area contributed by atoms with Gasteiger partial charge in [-0.3, -0.25) is 4.79 Å². The Morgan fingerprint density at radius 2 is 1.97 bits per heavy atom. The van der Waals surface area contributed by atoms with Crippen molar-refractivity contribution in [2.75, 3.05) is 38.1 Å². The van der Waals surface area contributed by atoms with Crippen molar-refractivity contribution in [2.45, 2.75) is 26.3 Å². The number of allylic oxidation sites excluding steroid dienone is 1. The van der Waals surface area contributed by atoms with Crippen molar-refractivity contribution in [3.8, 4) is 5.75 Å². The molecule has 0 radical (unpaired) electrons. The largest absolute Gasteiger partial charge is 0.496 e. The van der Waals surface area contributed by atoms with Crippen LogP contribution in [0.3, 0.4) is 0 Å². The number of ether oxygens (including phenoxy) is 1. The molecule has 0 saturated heterocycles. The predicted molar refractivity (Wildman–Crippen MR) is 125 cm³/mol. The number of amides is 1. The second-order valence-electron chi connectivity index (χ2n) is 8.30. The van der Waals surface area contributed by atoms with Crippen LogP contribution >= 0.6 is 0 Å². The van der Waals surface area contributed by atoms with Gasteiger partial charge >= 0.3 is 0 Å². The van der Waals surface area contributed by atoms with Crippen molar-refractivity contribution in [1.29, 1.82) is 0 Å². The Labute approximate surface area is 178 Å². The highest BCUT2D eigenvalue weighted by Gasteiger charge is 2.29. The summed E-state index contributed by atoms with van der Waals surface area (Å²) in [7, 11) is 7.59. The van der Waals surface area contributed by atoms with Crippen molar-refractivity contribution in [3.63, 3.8) is 0 Å². The molecule has 1 aliphatic rings. The van der Waals surface area contributed by atoms with E-state index >= 15 is 0 Å². The maximum atomic E-state index is 12.5. The number of rotatable bonds is 5. The van der Waals surface area contributed by atoms with Crippen LogP contribution in [0.15, 0.2) is 47.6 Å². The maximum absolute atomic E-state index is 12.5. The summed E-state index contributed by atoms with van der Waals surface area (Å²) in [4.78, 5) is 16.7. The molecule has 0 spiro atoms. The van der Waals surface area contributed by atoms with Crippen molar-refractivity contribution < 1.29 is 9.53 Å². The van der Waals surface area contributed by atoms with Crippen LogP contribution in [0.4, 0.5) is 11.4 Å². The van der Waals surface area contributed by atoms with E-state index in [0.717, 1.165) is 22.5 Å². The average Bonchev–Trinajstić information content (AvgIpc) is 2.71. The maximum Gasteiger partial charge on any atom is 0.271 e. The van der Waals surface area contributed by atoms with Crippen LogP contribution in [0, 0.1) is 0 Å². The zero-order valence-corrected chi connectivity index (χ0v) is 18.8. The van der Waals surface area contributed by atoms with Gasteiger partial charge in [0.15, 0.2) is 0 Å². The molecule has 158 valence electrons. The van der Waals surface area contributed by atoms with Gasteiger partial charge in [0.1, 0.15) is 5.75 Å². The van der Waals surface area contributed by atoms with E-state index < -0.39 is 0 Å². The van der Waals surface area contributed by atoms with E-state index in [1.165, 1.54) is 5.57 Å². The fourth-order valence-corrected chi connectivity index (χ4v) is 3.62. The minimum atomic E-state index is -0.260. The Morgan fingerprint density at radius 3 is 2.63 bits per heavy atom. The Morgan fingerprint density at radius 1 is 1.23 bits per heavy atom. The summed E-state index contributed by atoms with van der Waals surface area (Å²) in [5, 5.41) is 4.17. The minimum Gasteiger partial charge on any atom is -0.496 e. The van der Waals surface area contributed by atoms with Crippen LogP contribution in [-0.2, 0) is 0 Å². The SMILES string of the molecule is COc1cc2c(cc1/C=N\NC(=O)c1cccc(N(C)C)c1)C(C)=CC(C)(C)N2C. The van der Waals surface area contributed by atoms with Crippen molar-refractivity contribution in [2.24, 2.45) is 5.10 Å². The van der Waals surface area contributed by atoms with E-state index in [4.69, 9.17) is 4.74 Å². The number of carbonyl (C=O) groups excluding carboxylic acids is 1.